The van der Waals surface area contributed by atoms with E-state index in [0.29, 0.717) is 30.7 Å². The predicted octanol–water partition coefficient (Wildman–Crippen LogP) is 3.79. The van der Waals surface area contributed by atoms with Gasteiger partial charge in [-0.2, -0.15) is 0 Å². The lowest BCUT2D eigenvalue weighted by molar-refractivity contribution is 0.0533. The number of rotatable bonds is 4. The second-order valence-electron chi connectivity index (χ2n) is 5.93. The lowest BCUT2D eigenvalue weighted by Gasteiger charge is -2.06. The van der Waals surface area contributed by atoms with Gasteiger partial charge in [0, 0.05) is 17.1 Å². The van der Waals surface area contributed by atoms with Crippen molar-refractivity contribution in [1.82, 2.24) is 4.98 Å². The number of aromatic hydroxyl groups is 1. The number of hydrogen-bond donors (Lipinski definition) is 3. The number of phenolic OH excluding ortho intramolecular Hbond substituents is 1. The molecule has 0 fully saturated rings. The SMILES string of the molecule is CCOC(=O)c1sc2sc(C(=O)c3ccc(O)c4ncccc34)c(N)c2c1N. The first-order chi connectivity index (χ1) is 13.4. The molecule has 0 unspecified atom stereocenters. The maximum atomic E-state index is 13.2. The molecule has 9 heteroatoms. The molecule has 4 rings (SSSR count). The van der Waals surface area contributed by atoms with Crippen molar-refractivity contribution in [1.29, 1.82) is 0 Å². The molecule has 142 valence electrons. The van der Waals surface area contributed by atoms with Gasteiger partial charge < -0.3 is 21.3 Å². The molecule has 0 atom stereocenters. The number of fused-ring (bicyclic) bond motifs is 2. The zero-order valence-electron chi connectivity index (χ0n) is 14.7. The van der Waals surface area contributed by atoms with E-state index in [1.54, 1.807) is 31.3 Å². The Hall–Kier alpha value is -3.17. The highest BCUT2D eigenvalue weighted by atomic mass is 32.2. The summed E-state index contributed by atoms with van der Waals surface area (Å²) in [5.74, 6) is -0.798. The van der Waals surface area contributed by atoms with Crippen LogP contribution in [0.25, 0.3) is 20.3 Å². The van der Waals surface area contributed by atoms with Gasteiger partial charge in [-0.3, -0.25) is 9.78 Å². The smallest absolute Gasteiger partial charge is 0.350 e. The molecule has 0 amide bonds. The monoisotopic (exact) mass is 413 g/mol. The van der Waals surface area contributed by atoms with Gasteiger partial charge in [0.15, 0.2) is 0 Å². The number of nitrogens with two attached hydrogens (primary N) is 2. The molecule has 0 saturated carbocycles. The van der Waals surface area contributed by atoms with E-state index in [1.165, 1.54) is 17.4 Å². The first kappa shape index (κ1) is 18.2. The molecule has 28 heavy (non-hydrogen) atoms. The van der Waals surface area contributed by atoms with Gasteiger partial charge in [-0.05, 0) is 25.1 Å². The average Bonchev–Trinajstić information content (AvgIpc) is 3.19. The van der Waals surface area contributed by atoms with E-state index in [1.807, 2.05) is 0 Å². The second-order valence-corrected chi connectivity index (χ2v) is 8.23. The minimum absolute atomic E-state index is 0.00407. The molecule has 4 aromatic rings. The number of esters is 1. The predicted molar refractivity (Wildman–Crippen MR) is 111 cm³/mol. The number of carbonyl (C=O) groups excluding carboxylic acids is 2. The number of carbonyl (C=O) groups is 2. The summed E-state index contributed by atoms with van der Waals surface area (Å²) in [4.78, 5) is 30.0. The number of pyridine rings is 1. The molecule has 0 aliphatic carbocycles. The maximum Gasteiger partial charge on any atom is 0.350 e. The normalized spacial score (nSPS) is 11.2. The van der Waals surface area contributed by atoms with Gasteiger partial charge >= 0.3 is 5.97 Å². The fourth-order valence-electron chi connectivity index (χ4n) is 3.01. The van der Waals surface area contributed by atoms with Gasteiger partial charge in [0.2, 0.25) is 5.78 Å². The second kappa shape index (κ2) is 6.77. The van der Waals surface area contributed by atoms with Crippen molar-refractivity contribution < 1.29 is 19.4 Å². The van der Waals surface area contributed by atoms with Crippen molar-refractivity contribution in [2.75, 3.05) is 18.1 Å². The Morgan fingerprint density at radius 1 is 1.14 bits per heavy atom. The minimum atomic E-state index is -0.503. The Morgan fingerprint density at radius 2 is 1.86 bits per heavy atom. The van der Waals surface area contributed by atoms with E-state index in [2.05, 4.69) is 4.98 Å². The van der Waals surface area contributed by atoms with Crippen LogP contribution in [0.3, 0.4) is 0 Å². The number of thiophene rings is 2. The van der Waals surface area contributed by atoms with Crippen LogP contribution in [0.5, 0.6) is 5.75 Å². The zero-order valence-corrected chi connectivity index (χ0v) is 16.3. The van der Waals surface area contributed by atoms with E-state index >= 15 is 0 Å². The first-order valence-electron chi connectivity index (χ1n) is 8.32. The highest BCUT2D eigenvalue weighted by molar-refractivity contribution is 7.40. The molecule has 7 nitrogen and oxygen atoms in total. The lowest BCUT2D eigenvalue weighted by atomic mass is 10.0. The van der Waals surface area contributed by atoms with Crippen molar-refractivity contribution in [2.24, 2.45) is 0 Å². The quantitative estimate of drug-likeness (QED) is 0.343. The lowest BCUT2D eigenvalue weighted by Crippen LogP contribution is -2.06. The molecular formula is C19H15N3O4S2. The van der Waals surface area contributed by atoms with Crippen LogP contribution < -0.4 is 11.5 Å². The van der Waals surface area contributed by atoms with Crippen LogP contribution in [0.2, 0.25) is 0 Å². The van der Waals surface area contributed by atoms with Gasteiger partial charge in [0.25, 0.3) is 0 Å². The van der Waals surface area contributed by atoms with Gasteiger partial charge in [0.1, 0.15) is 21.0 Å². The van der Waals surface area contributed by atoms with Crippen molar-refractivity contribution in [3.8, 4) is 5.75 Å². The van der Waals surface area contributed by atoms with Crippen molar-refractivity contribution in [3.63, 3.8) is 0 Å². The number of anilines is 2. The zero-order chi connectivity index (χ0) is 20.0. The number of nitrogens with zero attached hydrogens (tertiary/aromatic N) is 1. The Balaban J connectivity index is 1.85. The molecule has 0 bridgehead atoms. The third-order valence-electron chi connectivity index (χ3n) is 4.28. The highest BCUT2D eigenvalue weighted by Crippen LogP contribution is 2.45. The van der Waals surface area contributed by atoms with Gasteiger partial charge in [0.05, 0.1) is 27.4 Å². The standard InChI is InChI=1S/C19H15N3O4S2/c1-2-26-18(25)17-13(21)11-12(20)16(27-19(11)28-17)15(24)9-5-6-10(23)14-8(9)4-3-7-22-14/h3-7,23H,2,20-21H2,1H3. The number of hydrogen-bond acceptors (Lipinski definition) is 9. The van der Waals surface area contributed by atoms with E-state index in [4.69, 9.17) is 16.2 Å². The first-order valence-corrected chi connectivity index (χ1v) is 9.96. The summed E-state index contributed by atoms with van der Waals surface area (Å²) in [5, 5.41) is 11.0. The Kier molecular flexibility index (Phi) is 4.40. The van der Waals surface area contributed by atoms with Crippen LogP contribution in [-0.4, -0.2) is 28.4 Å². The molecule has 0 aliphatic rings. The Labute approximate surface area is 167 Å². The summed E-state index contributed by atoms with van der Waals surface area (Å²) in [6, 6.07) is 6.39. The number of ketones is 1. The van der Waals surface area contributed by atoms with Crippen LogP contribution in [0.1, 0.15) is 31.8 Å². The molecule has 0 saturated heterocycles. The number of ether oxygens (including phenoxy) is 1. The summed E-state index contributed by atoms with van der Waals surface area (Å²) in [6.45, 7) is 1.96. The summed E-state index contributed by atoms with van der Waals surface area (Å²) >= 11 is 2.34. The van der Waals surface area contributed by atoms with Crippen LogP contribution in [0.4, 0.5) is 11.4 Å². The topological polar surface area (TPSA) is 129 Å². The Bertz CT molecular complexity index is 1260. The highest BCUT2D eigenvalue weighted by Gasteiger charge is 2.26. The average molecular weight is 413 g/mol. The third kappa shape index (κ3) is 2.67. The van der Waals surface area contributed by atoms with E-state index < -0.39 is 5.97 Å². The summed E-state index contributed by atoms with van der Waals surface area (Å²) in [6.07, 6.45) is 1.55. The van der Waals surface area contributed by atoms with E-state index in [-0.39, 0.29) is 34.4 Å². The van der Waals surface area contributed by atoms with Crippen molar-refractivity contribution in [3.05, 3.63) is 45.8 Å². The van der Waals surface area contributed by atoms with E-state index in [9.17, 15) is 14.7 Å². The fourth-order valence-corrected chi connectivity index (χ4v) is 5.46. The maximum absolute atomic E-state index is 13.2. The molecule has 0 spiro atoms. The van der Waals surface area contributed by atoms with Crippen LogP contribution in [0, 0.1) is 0 Å². The molecule has 0 radical (unpaired) electrons. The minimum Gasteiger partial charge on any atom is -0.506 e. The molecule has 1 aromatic carbocycles. The van der Waals surface area contributed by atoms with Crippen LogP contribution in [0.15, 0.2) is 30.5 Å². The van der Waals surface area contributed by atoms with Gasteiger partial charge in [-0.25, -0.2) is 4.79 Å². The number of nitrogen functional groups attached to an aromatic ring is 2. The summed E-state index contributed by atoms with van der Waals surface area (Å²) in [7, 11) is 0. The third-order valence-corrected chi connectivity index (χ3v) is 6.76. The van der Waals surface area contributed by atoms with Crippen LogP contribution in [-0.2, 0) is 4.74 Å². The summed E-state index contributed by atoms with van der Waals surface area (Å²) < 4.78 is 5.69. The van der Waals surface area contributed by atoms with Crippen molar-refractivity contribution in [2.45, 2.75) is 6.92 Å². The van der Waals surface area contributed by atoms with Gasteiger partial charge in [-0.15, -0.1) is 22.7 Å². The molecular weight excluding hydrogens is 398 g/mol. The molecule has 0 aliphatic heterocycles. The van der Waals surface area contributed by atoms with E-state index in [0.717, 1.165) is 11.3 Å². The number of aromatic nitrogens is 1. The molecule has 5 N–H and O–H groups in total. The fraction of sp³-hybridized carbons (Fsp3) is 0.105. The van der Waals surface area contributed by atoms with Gasteiger partial charge in [-0.1, -0.05) is 6.07 Å². The van der Waals surface area contributed by atoms with Crippen molar-refractivity contribution >= 4 is 66.1 Å². The largest absolute Gasteiger partial charge is 0.506 e. The molecule has 3 heterocycles. The Morgan fingerprint density at radius 3 is 2.57 bits per heavy atom. The number of phenols is 1. The molecule has 3 aromatic heterocycles. The van der Waals surface area contributed by atoms with Crippen LogP contribution >= 0.6 is 22.7 Å². The number of benzene rings is 1. The summed E-state index contributed by atoms with van der Waals surface area (Å²) in [5.41, 5.74) is 13.5.